The van der Waals surface area contributed by atoms with Crippen molar-refractivity contribution in [1.29, 1.82) is 0 Å². The van der Waals surface area contributed by atoms with E-state index in [1.54, 1.807) is 6.07 Å². The molecule has 0 saturated carbocycles. The standard InChI is InChI=1S/C18H20N2OS/c1-12(2)14-6-8-16(9-7-14)20-18(21)15-5-3-4-13(10-15)11-17(19)22/h3-10,12H,11H2,1-2H3,(H2,19,22)(H,20,21). The van der Waals surface area contributed by atoms with Gasteiger partial charge in [-0.25, -0.2) is 0 Å². The number of hydrogen-bond donors (Lipinski definition) is 2. The van der Waals surface area contributed by atoms with Crippen LogP contribution in [-0.2, 0) is 6.42 Å². The number of hydrogen-bond acceptors (Lipinski definition) is 2. The van der Waals surface area contributed by atoms with Crippen LogP contribution in [0.3, 0.4) is 0 Å². The maximum atomic E-state index is 12.3. The SMILES string of the molecule is CC(C)c1ccc(NC(=O)c2cccc(CC(N)=S)c2)cc1. The second-order valence-corrected chi connectivity index (χ2v) is 6.10. The quantitative estimate of drug-likeness (QED) is 0.824. The van der Waals surface area contributed by atoms with Crippen molar-refractivity contribution >= 4 is 28.8 Å². The van der Waals surface area contributed by atoms with Crippen LogP contribution in [-0.4, -0.2) is 10.9 Å². The molecule has 3 N–H and O–H groups in total. The minimum atomic E-state index is -0.137. The van der Waals surface area contributed by atoms with Crippen molar-refractivity contribution in [3.63, 3.8) is 0 Å². The van der Waals surface area contributed by atoms with E-state index in [9.17, 15) is 4.79 Å². The Bertz CT molecular complexity index is 678. The Morgan fingerprint density at radius 1 is 1.18 bits per heavy atom. The highest BCUT2D eigenvalue weighted by Crippen LogP contribution is 2.18. The van der Waals surface area contributed by atoms with Crippen LogP contribution in [0.4, 0.5) is 5.69 Å². The Morgan fingerprint density at radius 3 is 2.45 bits per heavy atom. The molecule has 0 fully saturated rings. The Morgan fingerprint density at radius 2 is 1.86 bits per heavy atom. The Balaban J connectivity index is 2.10. The number of benzene rings is 2. The topological polar surface area (TPSA) is 55.1 Å². The fourth-order valence-corrected chi connectivity index (χ4v) is 2.34. The van der Waals surface area contributed by atoms with Crippen LogP contribution >= 0.6 is 12.2 Å². The van der Waals surface area contributed by atoms with E-state index in [1.807, 2.05) is 42.5 Å². The van der Waals surface area contributed by atoms with Gasteiger partial charge in [-0.15, -0.1) is 0 Å². The molecular weight excluding hydrogens is 292 g/mol. The molecule has 0 aliphatic rings. The van der Waals surface area contributed by atoms with E-state index in [2.05, 4.69) is 19.2 Å². The molecule has 0 aliphatic heterocycles. The average Bonchev–Trinajstić information content (AvgIpc) is 2.47. The summed E-state index contributed by atoms with van der Waals surface area (Å²) in [6, 6.07) is 15.3. The smallest absolute Gasteiger partial charge is 0.255 e. The summed E-state index contributed by atoms with van der Waals surface area (Å²) >= 11 is 4.90. The van der Waals surface area contributed by atoms with E-state index in [-0.39, 0.29) is 5.91 Å². The van der Waals surface area contributed by atoms with Crippen LogP contribution in [0.15, 0.2) is 48.5 Å². The van der Waals surface area contributed by atoms with Crippen molar-refractivity contribution in [3.8, 4) is 0 Å². The van der Waals surface area contributed by atoms with Gasteiger partial charge in [0.15, 0.2) is 0 Å². The van der Waals surface area contributed by atoms with Crippen LogP contribution in [0.2, 0.25) is 0 Å². The lowest BCUT2D eigenvalue weighted by molar-refractivity contribution is 0.102. The predicted molar refractivity (Wildman–Crippen MR) is 95.4 cm³/mol. The van der Waals surface area contributed by atoms with Crippen molar-refractivity contribution in [3.05, 3.63) is 65.2 Å². The van der Waals surface area contributed by atoms with Gasteiger partial charge in [0.1, 0.15) is 0 Å². The zero-order valence-corrected chi connectivity index (χ0v) is 13.6. The number of anilines is 1. The number of thiocarbonyl (C=S) groups is 1. The third-order valence-corrected chi connectivity index (χ3v) is 3.55. The van der Waals surface area contributed by atoms with E-state index >= 15 is 0 Å². The highest BCUT2D eigenvalue weighted by Gasteiger charge is 2.08. The number of rotatable bonds is 5. The molecule has 0 heterocycles. The molecule has 114 valence electrons. The Kier molecular flexibility index (Phi) is 5.28. The number of nitrogens with two attached hydrogens (primary N) is 1. The molecule has 22 heavy (non-hydrogen) atoms. The third-order valence-electron chi connectivity index (χ3n) is 3.40. The first-order valence-electron chi connectivity index (χ1n) is 7.24. The number of carbonyl (C=O) groups is 1. The fraction of sp³-hybridized carbons (Fsp3) is 0.222. The molecule has 2 aromatic rings. The molecule has 2 rings (SSSR count). The van der Waals surface area contributed by atoms with Gasteiger partial charge in [0, 0.05) is 17.7 Å². The normalized spacial score (nSPS) is 10.5. The van der Waals surface area contributed by atoms with Crippen molar-refractivity contribution in [1.82, 2.24) is 0 Å². The van der Waals surface area contributed by atoms with Crippen LogP contribution in [0.25, 0.3) is 0 Å². The molecular formula is C18H20N2OS. The first kappa shape index (κ1) is 16.2. The zero-order chi connectivity index (χ0) is 16.1. The van der Waals surface area contributed by atoms with Gasteiger partial charge in [-0.2, -0.15) is 0 Å². The third kappa shape index (κ3) is 4.40. The van der Waals surface area contributed by atoms with Crippen LogP contribution in [0.1, 0.15) is 41.3 Å². The maximum Gasteiger partial charge on any atom is 0.255 e. The first-order chi connectivity index (χ1) is 10.5. The van der Waals surface area contributed by atoms with Crippen molar-refractivity contribution < 1.29 is 4.79 Å². The van der Waals surface area contributed by atoms with Gasteiger partial charge in [-0.1, -0.05) is 50.3 Å². The molecule has 0 atom stereocenters. The second kappa shape index (κ2) is 7.18. The summed E-state index contributed by atoms with van der Waals surface area (Å²) in [7, 11) is 0. The van der Waals surface area contributed by atoms with Gasteiger partial charge in [-0.05, 0) is 41.3 Å². The van der Waals surface area contributed by atoms with Gasteiger partial charge in [0.25, 0.3) is 5.91 Å². The summed E-state index contributed by atoms with van der Waals surface area (Å²) in [5.41, 5.74) is 9.12. The van der Waals surface area contributed by atoms with E-state index in [0.29, 0.717) is 22.9 Å². The van der Waals surface area contributed by atoms with Gasteiger partial charge >= 0.3 is 0 Å². The molecule has 4 heteroatoms. The minimum Gasteiger partial charge on any atom is -0.393 e. The highest BCUT2D eigenvalue weighted by atomic mass is 32.1. The number of amides is 1. The molecule has 0 aliphatic carbocycles. The van der Waals surface area contributed by atoms with Crippen molar-refractivity contribution in [2.24, 2.45) is 5.73 Å². The first-order valence-corrected chi connectivity index (χ1v) is 7.65. The molecule has 0 unspecified atom stereocenters. The van der Waals surface area contributed by atoms with E-state index < -0.39 is 0 Å². The summed E-state index contributed by atoms with van der Waals surface area (Å²) in [5.74, 6) is 0.337. The fourth-order valence-electron chi connectivity index (χ4n) is 2.18. The molecule has 0 saturated heterocycles. The van der Waals surface area contributed by atoms with Gasteiger partial charge in [-0.3, -0.25) is 4.79 Å². The van der Waals surface area contributed by atoms with Gasteiger partial charge in [0.2, 0.25) is 0 Å². The molecule has 3 nitrogen and oxygen atoms in total. The maximum absolute atomic E-state index is 12.3. The predicted octanol–water partition coefficient (Wildman–Crippen LogP) is 3.89. The van der Waals surface area contributed by atoms with Crippen molar-refractivity contribution in [2.75, 3.05) is 5.32 Å². The minimum absolute atomic E-state index is 0.137. The lowest BCUT2D eigenvalue weighted by atomic mass is 10.0. The van der Waals surface area contributed by atoms with E-state index in [1.165, 1.54) is 5.56 Å². The monoisotopic (exact) mass is 312 g/mol. The zero-order valence-electron chi connectivity index (χ0n) is 12.8. The molecule has 0 radical (unpaired) electrons. The van der Waals surface area contributed by atoms with Crippen LogP contribution in [0.5, 0.6) is 0 Å². The molecule has 1 amide bonds. The van der Waals surface area contributed by atoms with E-state index in [0.717, 1.165) is 11.3 Å². The summed E-state index contributed by atoms with van der Waals surface area (Å²) in [4.78, 5) is 12.7. The Labute approximate surface area is 136 Å². The van der Waals surface area contributed by atoms with Crippen molar-refractivity contribution in [2.45, 2.75) is 26.2 Å². The lowest BCUT2D eigenvalue weighted by Crippen LogP contribution is -2.14. The van der Waals surface area contributed by atoms with Crippen LogP contribution in [0, 0.1) is 0 Å². The highest BCUT2D eigenvalue weighted by molar-refractivity contribution is 7.80. The van der Waals surface area contributed by atoms with Crippen LogP contribution < -0.4 is 11.1 Å². The Hall–Kier alpha value is -2.20. The molecule has 0 bridgehead atoms. The summed E-state index contributed by atoms with van der Waals surface area (Å²) in [6.07, 6.45) is 0.500. The molecule has 0 aromatic heterocycles. The summed E-state index contributed by atoms with van der Waals surface area (Å²) in [6.45, 7) is 4.28. The lowest BCUT2D eigenvalue weighted by Gasteiger charge is -2.09. The molecule has 0 spiro atoms. The second-order valence-electron chi connectivity index (χ2n) is 5.57. The average molecular weight is 312 g/mol. The number of nitrogens with one attached hydrogen (secondary N) is 1. The van der Waals surface area contributed by atoms with Gasteiger partial charge < -0.3 is 11.1 Å². The summed E-state index contributed by atoms with van der Waals surface area (Å²) in [5, 5.41) is 2.90. The number of carbonyl (C=O) groups excluding carboxylic acids is 1. The summed E-state index contributed by atoms with van der Waals surface area (Å²) < 4.78 is 0. The van der Waals surface area contributed by atoms with Gasteiger partial charge in [0.05, 0.1) is 4.99 Å². The molecule has 2 aromatic carbocycles. The van der Waals surface area contributed by atoms with E-state index in [4.69, 9.17) is 18.0 Å². The largest absolute Gasteiger partial charge is 0.393 e.